The van der Waals surface area contributed by atoms with Crippen molar-refractivity contribution >= 4 is 5.91 Å². The molecule has 4 heteroatoms. The van der Waals surface area contributed by atoms with Crippen LogP contribution in [0.1, 0.15) is 37.7 Å². The topological polar surface area (TPSA) is 61.4 Å². The Labute approximate surface area is 126 Å². The molecular formula is C17H26N2O2. The van der Waals surface area contributed by atoms with E-state index >= 15 is 0 Å². The van der Waals surface area contributed by atoms with Gasteiger partial charge in [0.05, 0.1) is 12.6 Å². The highest BCUT2D eigenvalue weighted by Crippen LogP contribution is 2.27. The summed E-state index contributed by atoms with van der Waals surface area (Å²) in [6, 6.07) is 10.0. The van der Waals surface area contributed by atoms with Crippen LogP contribution in [0, 0.1) is 5.92 Å². The summed E-state index contributed by atoms with van der Waals surface area (Å²) in [6.07, 6.45) is 2.86. The minimum Gasteiger partial charge on any atom is -0.393 e. The first-order valence-corrected chi connectivity index (χ1v) is 7.85. The summed E-state index contributed by atoms with van der Waals surface area (Å²) in [6.45, 7) is 3.68. The third-order valence-corrected chi connectivity index (χ3v) is 3.86. The number of carbonyl (C=O) groups excluding carboxylic acids is 1. The fraction of sp³-hybridized carbons (Fsp3) is 0.588. The van der Waals surface area contributed by atoms with Crippen molar-refractivity contribution in [2.45, 2.75) is 38.2 Å². The van der Waals surface area contributed by atoms with Crippen molar-refractivity contribution in [2.75, 3.05) is 19.6 Å². The van der Waals surface area contributed by atoms with E-state index in [0.29, 0.717) is 19.5 Å². The number of hydrogen-bond donors (Lipinski definition) is 3. The Morgan fingerprint density at radius 3 is 2.67 bits per heavy atom. The average molecular weight is 290 g/mol. The van der Waals surface area contributed by atoms with E-state index in [1.54, 1.807) is 6.92 Å². The van der Waals surface area contributed by atoms with Crippen LogP contribution < -0.4 is 10.6 Å². The highest BCUT2D eigenvalue weighted by atomic mass is 16.3. The van der Waals surface area contributed by atoms with Gasteiger partial charge in [-0.25, -0.2) is 0 Å². The molecule has 1 aliphatic carbocycles. The maximum Gasteiger partial charge on any atom is 0.233 e. The Balaban J connectivity index is 1.76. The second-order valence-electron chi connectivity index (χ2n) is 6.07. The number of amides is 1. The lowest BCUT2D eigenvalue weighted by Crippen LogP contribution is -2.37. The number of hydrogen-bond acceptors (Lipinski definition) is 3. The van der Waals surface area contributed by atoms with Crippen LogP contribution in [-0.2, 0) is 4.79 Å². The smallest absolute Gasteiger partial charge is 0.233 e. The van der Waals surface area contributed by atoms with Crippen LogP contribution in [0.15, 0.2) is 30.3 Å². The third-order valence-electron chi connectivity index (χ3n) is 3.86. The van der Waals surface area contributed by atoms with Crippen molar-refractivity contribution < 1.29 is 9.90 Å². The van der Waals surface area contributed by atoms with E-state index < -0.39 is 0 Å². The van der Waals surface area contributed by atoms with Crippen LogP contribution in [0.2, 0.25) is 0 Å². The third kappa shape index (κ3) is 6.27. The molecule has 2 atom stereocenters. The summed E-state index contributed by atoms with van der Waals surface area (Å²) < 4.78 is 0. The maximum atomic E-state index is 11.8. The zero-order valence-electron chi connectivity index (χ0n) is 12.7. The molecule has 3 N–H and O–H groups in total. The van der Waals surface area contributed by atoms with Crippen LogP contribution in [0.25, 0.3) is 0 Å². The maximum absolute atomic E-state index is 11.8. The van der Waals surface area contributed by atoms with Gasteiger partial charge in [0, 0.05) is 12.5 Å². The predicted molar refractivity (Wildman–Crippen MR) is 84.1 cm³/mol. The summed E-state index contributed by atoms with van der Waals surface area (Å²) in [5.74, 6) is 0.964. The van der Waals surface area contributed by atoms with Gasteiger partial charge in [0.15, 0.2) is 0 Å². The van der Waals surface area contributed by atoms with Gasteiger partial charge in [-0.2, -0.15) is 0 Å². The zero-order chi connectivity index (χ0) is 15.1. The van der Waals surface area contributed by atoms with Gasteiger partial charge < -0.3 is 15.7 Å². The number of carbonyl (C=O) groups is 1. The minimum atomic E-state index is -0.375. The first-order valence-electron chi connectivity index (χ1n) is 7.85. The molecule has 21 heavy (non-hydrogen) atoms. The summed E-state index contributed by atoms with van der Waals surface area (Å²) in [5, 5.41) is 15.8. The highest BCUT2D eigenvalue weighted by molar-refractivity contribution is 5.78. The second-order valence-corrected chi connectivity index (χ2v) is 6.07. The van der Waals surface area contributed by atoms with E-state index in [2.05, 4.69) is 10.6 Å². The Morgan fingerprint density at radius 2 is 2.05 bits per heavy atom. The van der Waals surface area contributed by atoms with Gasteiger partial charge in [0.1, 0.15) is 0 Å². The zero-order valence-corrected chi connectivity index (χ0v) is 12.7. The summed E-state index contributed by atoms with van der Waals surface area (Å²) in [4.78, 5) is 11.8. The number of aliphatic hydroxyl groups excluding tert-OH is 1. The Morgan fingerprint density at radius 1 is 1.33 bits per heavy atom. The average Bonchev–Trinajstić information content (AvgIpc) is 3.28. The van der Waals surface area contributed by atoms with E-state index in [0.717, 1.165) is 18.0 Å². The van der Waals surface area contributed by atoms with Gasteiger partial charge in [-0.15, -0.1) is 0 Å². The monoisotopic (exact) mass is 290 g/mol. The fourth-order valence-electron chi connectivity index (χ4n) is 2.49. The van der Waals surface area contributed by atoms with E-state index in [1.165, 1.54) is 12.8 Å². The van der Waals surface area contributed by atoms with Crippen LogP contribution in [0.4, 0.5) is 0 Å². The fourth-order valence-corrected chi connectivity index (χ4v) is 2.49. The lowest BCUT2D eigenvalue weighted by molar-refractivity contribution is -0.120. The van der Waals surface area contributed by atoms with E-state index in [1.807, 2.05) is 30.3 Å². The first kappa shape index (κ1) is 16.0. The molecule has 1 saturated carbocycles. The van der Waals surface area contributed by atoms with Crippen LogP contribution in [-0.4, -0.2) is 36.8 Å². The molecule has 0 bridgehead atoms. The van der Waals surface area contributed by atoms with Gasteiger partial charge >= 0.3 is 0 Å². The largest absolute Gasteiger partial charge is 0.393 e. The molecule has 0 aromatic heterocycles. The van der Waals surface area contributed by atoms with E-state index in [-0.39, 0.29) is 17.9 Å². The molecule has 116 valence electrons. The molecule has 1 aromatic carbocycles. The lowest BCUT2D eigenvalue weighted by atomic mass is 9.93. The van der Waals surface area contributed by atoms with Crippen molar-refractivity contribution in [3.63, 3.8) is 0 Å². The molecule has 4 nitrogen and oxygen atoms in total. The molecule has 0 radical (unpaired) electrons. The quantitative estimate of drug-likeness (QED) is 0.648. The molecule has 0 heterocycles. The second kappa shape index (κ2) is 8.15. The molecule has 0 saturated heterocycles. The molecule has 0 spiro atoms. The van der Waals surface area contributed by atoms with Crippen molar-refractivity contribution in [2.24, 2.45) is 5.92 Å². The lowest BCUT2D eigenvalue weighted by Gasteiger charge is -2.19. The van der Waals surface area contributed by atoms with Crippen molar-refractivity contribution in [1.82, 2.24) is 10.6 Å². The molecule has 1 aromatic rings. The predicted octanol–water partition coefficient (Wildman–Crippen LogP) is 1.66. The standard InChI is InChI=1S/C17H26N2O2/c1-13(20)9-16(15-5-3-2-4-6-15)11-19-17(21)12-18-10-14-7-8-14/h2-6,13-14,16,18,20H,7-12H2,1H3,(H,19,21). The SMILES string of the molecule is CC(O)CC(CNC(=O)CNCC1CC1)c1ccccc1. The molecule has 2 rings (SSSR count). The minimum absolute atomic E-state index is 0.0298. The molecule has 1 amide bonds. The van der Waals surface area contributed by atoms with Crippen molar-refractivity contribution in [1.29, 1.82) is 0 Å². The van der Waals surface area contributed by atoms with Crippen molar-refractivity contribution in [3.8, 4) is 0 Å². The molecule has 1 aliphatic rings. The Hall–Kier alpha value is -1.39. The van der Waals surface area contributed by atoms with Gasteiger partial charge in [0.25, 0.3) is 0 Å². The van der Waals surface area contributed by atoms with Crippen LogP contribution in [0.3, 0.4) is 0 Å². The van der Waals surface area contributed by atoms with E-state index in [9.17, 15) is 9.90 Å². The highest BCUT2D eigenvalue weighted by Gasteiger charge is 2.20. The number of nitrogens with one attached hydrogen (secondary N) is 2. The van der Waals surface area contributed by atoms with Gasteiger partial charge in [0.2, 0.25) is 5.91 Å². The number of rotatable bonds is 9. The Bertz CT molecular complexity index is 430. The van der Waals surface area contributed by atoms with Crippen LogP contribution in [0.5, 0.6) is 0 Å². The molecule has 1 fully saturated rings. The first-order chi connectivity index (χ1) is 10.1. The van der Waals surface area contributed by atoms with Gasteiger partial charge in [-0.05, 0) is 44.2 Å². The van der Waals surface area contributed by atoms with Gasteiger partial charge in [-0.1, -0.05) is 30.3 Å². The summed E-state index contributed by atoms with van der Waals surface area (Å²) >= 11 is 0. The van der Waals surface area contributed by atoms with Gasteiger partial charge in [-0.3, -0.25) is 4.79 Å². The number of benzene rings is 1. The van der Waals surface area contributed by atoms with Crippen LogP contribution >= 0.6 is 0 Å². The summed E-state index contributed by atoms with van der Waals surface area (Å²) in [5.41, 5.74) is 1.16. The molecule has 0 aliphatic heterocycles. The molecule has 2 unspecified atom stereocenters. The summed E-state index contributed by atoms with van der Waals surface area (Å²) in [7, 11) is 0. The normalized spacial score (nSPS) is 17.2. The Kier molecular flexibility index (Phi) is 6.21. The van der Waals surface area contributed by atoms with E-state index in [4.69, 9.17) is 0 Å². The number of aliphatic hydroxyl groups is 1. The molecular weight excluding hydrogens is 264 g/mol. The van der Waals surface area contributed by atoms with Crippen molar-refractivity contribution in [3.05, 3.63) is 35.9 Å².